The number of nitrogens with one attached hydrogen (secondary N) is 1. The van der Waals surface area contributed by atoms with Gasteiger partial charge in [-0.2, -0.15) is 13.2 Å². The van der Waals surface area contributed by atoms with Crippen molar-refractivity contribution in [2.45, 2.75) is 12.8 Å². The normalized spacial score (nSPS) is 14.6. The first kappa shape index (κ1) is 29.9. The minimum atomic E-state index is -4.63. The van der Waals surface area contributed by atoms with Crippen molar-refractivity contribution in [2.24, 2.45) is 0 Å². The van der Waals surface area contributed by atoms with Gasteiger partial charge in [0, 0.05) is 4.47 Å². The zero-order chi connectivity index (χ0) is 29.0. The van der Waals surface area contributed by atoms with Gasteiger partial charge in [-0.1, -0.05) is 34.1 Å². The maximum Gasteiger partial charge on any atom is 0.416 e. The Balaban J connectivity index is 1.42. The summed E-state index contributed by atoms with van der Waals surface area (Å²) in [5.74, 6) is -0.903. The van der Waals surface area contributed by atoms with Crippen LogP contribution in [0.2, 0.25) is 0 Å². The molecule has 3 amide bonds. The van der Waals surface area contributed by atoms with Gasteiger partial charge in [-0.25, -0.2) is 0 Å². The van der Waals surface area contributed by atoms with E-state index in [1.165, 1.54) is 13.2 Å². The Morgan fingerprint density at radius 3 is 2.42 bits per heavy atom. The average Bonchev–Trinajstić information content (AvgIpc) is 3.15. The molecule has 3 aromatic carbocycles. The van der Waals surface area contributed by atoms with Crippen molar-refractivity contribution in [3.8, 4) is 11.5 Å². The first-order valence-corrected chi connectivity index (χ1v) is 14.1. The van der Waals surface area contributed by atoms with Crippen LogP contribution in [-0.2, 0) is 22.4 Å². The molecule has 1 saturated heterocycles. The van der Waals surface area contributed by atoms with E-state index < -0.39 is 35.3 Å². The van der Waals surface area contributed by atoms with Gasteiger partial charge in [-0.3, -0.25) is 19.3 Å². The van der Waals surface area contributed by atoms with E-state index in [1.807, 2.05) is 24.3 Å². The number of hydrogen-bond donors (Lipinski definition) is 1. The highest BCUT2D eigenvalue weighted by atomic mass is 127. The number of nitrogens with zero attached hydrogens (tertiary/aromatic N) is 1. The van der Waals surface area contributed by atoms with Crippen molar-refractivity contribution in [1.82, 2.24) is 4.90 Å². The van der Waals surface area contributed by atoms with Crippen LogP contribution in [-0.4, -0.2) is 35.6 Å². The molecule has 0 saturated carbocycles. The van der Waals surface area contributed by atoms with E-state index in [4.69, 9.17) is 9.47 Å². The summed E-state index contributed by atoms with van der Waals surface area (Å²) in [6, 6.07) is 15.6. The minimum Gasteiger partial charge on any atom is -0.495 e. The molecule has 0 atom stereocenters. The van der Waals surface area contributed by atoms with Crippen LogP contribution in [0.5, 0.6) is 11.5 Å². The van der Waals surface area contributed by atoms with Gasteiger partial charge >= 0.3 is 6.18 Å². The molecule has 0 aliphatic carbocycles. The van der Waals surface area contributed by atoms with Crippen LogP contribution in [0.1, 0.15) is 16.7 Å². The molecule has 0 spiro atoms. The maximum atomic E-state index is 13.1. The van der Waals surface area contributed by atoms with Crippen LogP contribution in [0.4, 0.5) is 23.7 Å². The Bertz CT molecular complexity index is 1500. The lowest BCUT2D eigenvalue weighted by Gasteiger charge is -2.16. The van der Waals surface area contributed by atoms with Gasteiger partial charge in [0.1, 0.15) is 24.7 Å². The summed E-state index contributed by atoms with van der Waals surface area (Å²) in [5.41, 5.74) is 0.412. The number of halogens is 5. The van der Waals surface area contributed by atoms with Crippen LogP contribution in [0.15, 0.2) is 70.0 Å². The van der Waals surface area contributed by atoms with Crippen molar-refractivity contribution >= 4 is 79.1 Å². The zero-order valence-corrected chi connectivity index (χ0v) is 25.1. The number of imide groups is 1. The fraction of sp³-hybridized carbons (Fsp3) is 0.148. The molecule has 1 aliphatic heterocycles. The van der Waals surface area contributed by atoms with Crippen molar-refractivity contribution in [2.75, 3.05) is 19.0 Å². The lowest BCUT2D eigenvalue weighted by molar-refractivity contribution is -0.137. The first-order chi connectivity index (χ1) is 18.9. The number of carbonyl (C=O) groups excluding carboxylic acids is 3. The fourth-order valence-corrected chi connectivity index (χ4v) is 5.37. The summed E-state index contributed by atoms with van der Waals surface area (Å²) in [6.45, 7) is -0.308. The molecule has 1 fully saturated rings. The smallest absolute Gasteiger partial charge is 0.416 e. The van der Waals surface area contributed by atoms with Crippen LogP contribution >= 0.6 is 50.3 Å². The van der Waals surface area contributed by atoms with Crippen LogP contribution in [0.3, 0.4) is 0 Å². The largest absolute Gasteiger partial charge is 0.495 e. The Hall–Kier alpha value is -3.04. The molecule has 0 bridgehead atoms. The molecular formula is C27H19BrF3IN2O5S. The molecule has 13 heteroatoms. The molecule has 40 heavy (non-hydrogen) atoms. The number of benzene rings is 3. The summed E-state index contributed by atoms with van der Waals surface area (Å²) in [5, 5.41) is 1.62. The number of rotatable bonds is 8. The van der Waals surface area contributed by atoms with Gasteiger partial charge in [0.05, 0.1) is 26.8 Å². The van der Waals surface area contributed by atoms with Crippen molar-refractivity contribution in [3.05, 3.63) is 90.3 Å². The second-order valence-corrected chi connectivity index (χ2v) is 11.4. The lowest BCUT2D eigenvalue weighted by Crippen LogP contribution is -2.36. The number of thioether (sulfide) groups is 1. The van der Waals surface area contributed by atoms with Gasteiger partial charge < -0.3 is 14.8 Å². The molecule has 4 rings (SSSR count). The lowest BCUT2D eigenvalue weighted by atomic mass is 10.1. The topological polar surface area (TPSA) is 84.9 Å². The second-order valence-electron chi connectivity index (χ2n) is 8.33. The molecule has 208 valence electrons. The predicted octanol–water partition coefficient (Wildman–Crippen LogP) is 7.34. The highest BCUT2D eigenvalue weighted by Gasteiger charge is 2.37. The number of anilines is 1. The zero-order valence-electron chi connectivity index (χ0n) is 20.6. The predicted molar refractivity (Wildman–Crippen MR) is 157 cm³/mol. The van der Waals surface area contributed by atoms with Gasteiger partial charge in [-0.05, 0) is 94.0 Å². The van der Waals surface area contributed by atoms with Gasteiger partial charge in [0.25, 0.3) is 11.1 Å². The Morgan fingerprint density at radius 2 is 1.77 bits per heavy atom. The Kier molecular flexibility index (Phi) is 9.46. The van der Waals surface area contributed by atoms with E-state index in [0.29, 0.717) is 29.7 Å². The Morgan fingerprint density at radius 1 is 1.07 bits per heavy atom. The summed E-state index contributed by atoms with van der Waals surface area (Å²) in [4.78, 5) is 38.8. The number of methoxy groups -OCH3 is 1. The van der Waals surface area contributed by atoms with E-state index in [0.717, 1.165) is 36.7 Å². The molecule has 1 N–H and O–H groups in total. The van der Waals surface area contributed by atoms with E-state index in [-0.39, 0.29) is 16.3 Å². The van der Waals surface area contributed by atoms with Gasteiger partial charge in [0.2, 0.25) is 5.91 Å². The average molecular weight is 747 g/mol. The van der Waals surface area contributed by atoms with Crippen LogP contribution in [0, 0.1) is 3.57 Å². The third kappa shape index (κ3) is 7.37. The van der Waals surface area contributed by atoms with Gasteiger partial charge in [0.15, 0.2) is 0 Å². The number of amides is 3. The number of carbonyl (C=O) groups is 3. The molecule has 3 aromatic rings. The summed E-state index contributed by atoms with van der Waals surface area (Å²) >= 11 is 6.16. The molecular weight excluding hydrogens is 728 g/mol. The maximum absolute atomic E-state index is 13.1. The van der Waals surface area contributed by atoms with E-state index in [2.05, 4.69) is 43.8 Å². The minimum absolute atomic E-state index is 0.00532. The summed E-state index contributed by atoms with van der Waals surface area (Å²) in [6.07, 6.45) is -3.11. The number of ether oxygens (including phenoxy) is 2. The van der Waals surface area contributed by atoms with Crippen LogP contribution < -0.4 is 14.8 Å². The van der Waals surface area contributed by atoms with E-state index >= 15 is 0 Å². The summed E-state index contributed by atoms with van der Waals surface area (Å²) in [7, 11) is 1.24. The summed E-state index contributed by atoms with van der Waals surface area (Å²) < 4.78 is 51.9. The fourth-order valence-electron chi connectivity index (χ4n) is 3.57. The standard InChI is InChI=1S/C27H19BrF3IN2O5S/c1-38-22-9-5-17(27(29,30)31)12-20(22)33-24(35)13-34-25(36)23(40-26(34)37)11-16-4-8-21(19(32)10-16)39-14-15-2-6-18(28)7-3-15/h2-12H,13-14H2,1H3,(H,33,35)/b23-11-. The molecule has 1 aliphatic rings. The molecule has 0 aromatic heterocycles. The molecule has 1 heterocycles. The molecule has 0 unspecified atom stereocenters. The molecule has 7 nitrogen and oxygen atoms in total. The molecule has 0 radical (unpaired) electrons. The van der Waals surface area contributed by atoms with Crippen molar-refractivity contribution in [3.63, 3.8) is 0 Å². The first-order valence-electron chi connectivity index (χ1n) is 11.4. The quantitative estimate of drug-likeness (QED) is 0.192. The van der Waals surface area contributed by atoms with Crippen LogP contribution in [0.25, 0.3) is 6.08 Å². The van der Waals surface area contributed by atoms with Crippen molar-refractivity contribution in [1.29, 1.82) is 0 Å². The third-order valence-corrected chi connectivity index (χ3v) is 7.82. The second kappa shape index (κ2) is 12.6. The highest BCUT2D eigenvalue weighted by Crippen LogP contribution is 2.36. The third-order valence-electron chi connectivity index (χ3n) is 5.54. The SMILES string of the molecule is COc1ccc(C(F)(F)F)cc1NC(=O)CN1C(=O)S/C(=C\c2ccc(OCc3ccc(Br)cc3)c(I)c2)C1=O. The highest BCUT2D eigenvalue weighted by molar-refractivity contribution is 14.1. The Labute approximate surface area is 253 Å². The van der Waals surface area contributed by atoms with E-state index in [9.17, 15) is 27.6 Å². The van der Waals surface area contributed by atoms with Gasteiger partial charge in [-0.15, -0.1) is 0 Å². The number of hydrogen-bond acceptors (Lipinski definition) is 6. The number of alkyl halides is 3. The van der Waals surface area contributed by atoms with E-state index in [1.54, 1.807) is 18.2 Å². The van der Waals surface area contributed by atoms with Crippen molar-refractivity contribution < 1.29 is 37.0 Å². The monoisotopic (exact) mass is 746 g/mol.